The maximum absolute atomic E-state index is 12.7. The highest BCUT2D eigenvalue weighted by Crippen LogP contribution is 2.30. The molecule has 27 heavy (non-hydrogen) atoms. The zero-order valence-electron chi connectivity index (χ0n) is 14.2. The first-order chi connectivity index (χ1) is 12.9. The molecule has 0 saturated heterocycles. The van der Waals surface area contributed by atoms with Gasteiger partial charge in [-0.05, 0) is 36.8 Å². The van der Waals surface area contributed by atoms with Crippen LogP contribution in [0.15, 0.2) is 54.0 Å². The predicted molar refractivity (Wildman–Crippen MR) is 97.5 cm³/mol. The van der Waals surface area contributed by atoms with Crippen LogP contribution in [0.1, 0.15) is 22.0 Å². The van der Waals surface area contributed by atoms with Crippen molar-refractivity contribution in [3.05, 3.63) is 76.0 Å². The molecule has 3 rings (SSSR count). The SMILES string of the molecule is O=C(Cc1csc(CCc2ccccn2)n1)Nc1cccc(C(F)(F)F)c1. The van der Waals surface area contributed by atoms with E-state index in [1.54, 1.807) is 11.6 Å². The summed E-state index contributed by atoms with van der Waals surface area (Å²) in [5, 5.41) is 5.17. The lowest BCUT2D eigenvalue weighted by atomic mass is 10.2. The van der Waals surface area contributed by atoms with Gasteiger partial charge in [0, 0.05) is 29.4 Å². The Kier molecular flexibility index (Phi) is 5.85. The third kappa shape index (κ3) is 5.62. The van der Waals surface area contributed by atoms with Gasteiger partial charge in [-0.25, -0.2) is 4.98 Å². The number of aryl methyl sites for hydroxylation is 2. The van der Waals surface area contributed by atoms with E-state index < -0.39 is 17.6 Å². The van der Waals surface area contributed by atoms with Crippen LogP contribution in [0, 0.1) is 0 Å². The molecular formula is C19H16F3N3OS. The van der Waals surface area contributed by atoms with Crippen molar-refractivity contribution >= 4 is 22.9 Å². The number of hydrogen-bond donors (Lipinski definition) is 1. The molecule has 0 unspecified atom stereocenters. The van der Waals surface area contributed by atoms with Gasteiger partial charge in [0.05, 0.1) is 22.7 Å². The number of hydrogen-bond acceptors (Lipinski definition) is 4. The minimum Gasteiger partial charge on any atom is -0.326 e. The van der Waals surface area contributed by atoms with Crippen molar-refractivity contribution in [3.8, 4) is 0 Å². The number of alkyl halides is 3. The Balaban J connectivity index is 1.55. The first kappa shape index (κ1) is 19.0. The second-order valence-electron chi connectivity index (χ2n) is 5.86. The molecule has 2 aromatic heterocycles. The molecule has 4 nitrogen and oxygen atoms in total. The van der Waals surface area contributed by atoms with Crippen LogP contribution in [0.4, 0.5) is 18.9 Å². The van der Waals surface area contributed by atoms with Gasteiger partial charge in [-0.2, -0.15) is 13.2 Å². The Hall–Kier alpha value is -2.74. The molecule has 0 spiro atoms. The van der Waals surface area contributed by atoms with E-state index in [1.807, 2.05) is 18.2 Å². The molecule has 0 radical (unpaired) electrons. The fraction of sp³-hybridized carbons (Fsp3) is 0.211. The number of anilines is 1. The van der Waals surface area contributed by atoms with Gasteiger partial charge < -0.3 is 5.32 Å². The fourth-order valence-corrected chi connectivity index (χ4v) is 3.27. The van der Waals surface area contributed by atoms with Crippen molar-refractivity contribution in [2.24, 2.45) is 0 Å². The molecule has 1 N–H and O–H groups in total. The lowest BCUT2D eigenvalue weighted by Crippen LogP contribution is -2.15. The standard InChI is InChI=1S/C19H16F3N3OS/c20-19(21,22)13-4-3-6-15(10-13)24-17(26)11-16-12-27-18(25-16)8-7-14-5-1-2-9-23-14/h1-6,9-10,12H,7-8,11H2,(H,24,26). The fourth-order valence-electron chi connectivity index (χ4n) is 2.47. The van der Waals surface area contributed by atoms with Crippen LogP contribution in [0.2, 0.25) is 0 Å². The molecule has 0 saturated carbocycles. The summed E-state index contributed by atoms with van der Waals surface area (Å²) in [7, 11) is 0. The van der Waals surface area contributed by atoms with Crippen LogP contribution in [-0.2, 0) is 30.2 Å². The molecule has 0 bridgehead atoms. The minimum absolute atomic E-state index is 0.0103. The van der Waals surface area contributed by atoms with Crippen molar-refractivity contribution in [1.29, 1.82) is 0 Å². The van der Waals surface area contributed by atoms with E-state index in [0.29, 0.717) is 5.69 Å². The number of amides is 1. The highest BCUT2D eigenvalue weighted by Gasteiger charge is 2.30. The van der Waals surface area contributed by atoms with Crippen molar-refractivity contribution in [2.45, 2.75) is 25.4 Å². The highest BCUT2D eigenvalue weighted by atomic mass is 32.1. The monoisotopic (exact) mass is 391 g/mol. The topological polar surface area (TPSA) is 54.9 Å². The third-order valence-corrected chi connectivity index (χ3v) is 4.69. The van der Waals surface area contributed by atoms with Crippen LogP contribution in [0.5, 0.6) is 0 Å². The molecule has 0 aliphatic heterocycles. The maximum atomic E-state index is 12.7. The summed E-state index contributed by atoms with van der Waals surface area (Å²) in [6.45, 7) is 0. The van der Waals surface area contributed by atoms with Crippen molar-refractivity contribution in [2.75, 3.05) is 5.32 Å². The average Bonchev–Trinajstić information content (AvgIpc) is 3.07. The summed E-state index contributed by atoms with van der Waals surface area (Å²) in [4.78, 5) is 20.8. The first-order valence-electron chi connectivity index (χ1n) is 8.20. The Morgan fingerprint density at radius 3 is 2.67 bits per heavy atom. The summed E-state index contributed by atoms with van der Waals surface area (Å²) in [5.41, 5.74) is 0.878. The Morgan fingerprint density at radius 2 is 1.93 bits per heavy atom. The number of carbonyl (C=O) groups excluding carboxylic acids is 1. The summed E-state index contributed by atoms with van der Waals surface area (Å²) >= 11 is 1.46. The van der Waals surface area contributed by atoms with Crippen LogP contribution in [0.25, 0.3) is 0 Å². The zero-order valence-corrected chi connectivity index (χ0v) is 15.0. The normalized spacial score (nSPS) is 11.4. The van der Waals surface area contributed by atoms with Gasteiger partial charge in [0.15, 0.2) is 0 Å². The van der Waals surface area contributed by atoms with Crippen LogP contribution < -0.4 is 5.32 Å². The van der Waals surface area contributed by atoms with E-state index in [2.05, 4.69) is 15.3 Å². The van der Waals surface area contributed by atoms with Gasteiger partial charge in [0.25, 0.3) is 0 Å². The zero-order chi connectivity index (χ0) is 19.3. The summed E-state index contributed by atoms with van der Waals surface area (Å²) in [6.07, 6.45) is -1.23. The molecule has 0 fully saturated rings. The number of pyridine rings is 1. The molecule has 1 aromatic carbocycles. The number of halogens is 3. The third-order valence-electron chi connectivity index (χ3n) is 3.74. The molecule has 0 atom stereocenters. The number of nitrogens with zero attached hydrogens (tertiary/aromatic N) is 2. The van der Waals surface area contributed by atoms with Crippen LogP contribution >= 0.6 is 11.3 Å². The number of nitrogens with one attached hydrogen (secondary N) is 1. The first-order valence-corrected chi connectivity index (χ1v) is 9.08. The molecule has 0 aliphatic rings. The van der Waals surface area contributed by atoms with E-state index in [4.69, 9.17) is 0 Å². The van der Waals surface area contributed by atoms with E-state index >= 15 is 0 Å². The highest BCUT2D eigenvalue weighted by molar-refractivity contribution is 7.09. The average molecular weight is 391 g/mol. The lowest BCUT2D eigenvalue weighted by Gasteiger charge is -2.09. The van der Waals surface area contributed by atoms with Gasteiger partial charge >= 0.3 is 6.18 Å². The smallest absolute Gasteiger partial charge is 0.326 e. The van der Waals surface area contributed by atoms with Gasteiger partial charge in [-0.15, -0.1) is 11.3 Å². The number of aromatic nitrogens is 2. The Bertz CT molecular complexity index is 910. The van der Waals surface area contributed by atoms with Gasteiger partial charge in [0.2, 0.25) is 5.91 Å². The maximum Gasteiger partial charge on any atom is 0.416 e. The summed E-state index contributed by atoms with van der Waals surface area (Å²) < 4.78 is 38.2. The second kappa shape index (κ2) is 8.30. The molecule has 1 amide bonds. The molecular weight excluding hydrogens is 375 g/mol. The van der Waals surface area contributed by atoms with Crippen LogP contribution in [0.3, 0.4) is 0 Å². The van der Waals surface area contributed by atoms with E-state index in [0.717, 1.165) is 35.7 Å². The number of thiazole rings is 1. The van der Waals surface area contributed by atoms with E-state index in [9.17, 15) is 18.0 Å². The van der Waals surface area contributed by atoms with Gasteiger partial charge in [0.1, 0.15) is 0 Å². The Morgan fingerprint density at radius 1 is 1.07 bits per heavy atom. The van der Waals surface area contributed by atoms with Gasteiger partial charge in [-0.3, -0.25) is 9.78 Å². The van der Waals surface area contributed by atoms with Crippen molar-refractivity contribution in [3.63, 3.8) is 0 Å². The summed E-state index contributed by atoms with van der Waals surface area (Å²) in [5.74, 6) is -0.407. The minimum atomic E-state index is -4.45. The van der Waals surface area contributed by atoms with Crippen LogP contribution in [-0.4, -0.2) is 15.9 Å². The number of rotatable bonds is 6. The molecule has 3 aromatic rings. The van der Waals surface area contributed by atoms with Gasteiger partial charge in [-0.1, -0.05) is 12.1 Å². The molecule has 140 valence electrons. The Labute approximate surface area is 158 Å². The van der Waals surface area contributed by atoms with E-state index in [-0.39, 0.29) is 12.1 Å². The van der Waals surface area contributed by atoms with E-state index in [1.165, 1.54) is 23.5 Å². The lowest BCUT2D eigenvalue weighted by molar-refractivity contribution is -0.137. The molecule has 2 heterocycles. The molecule has 0 aliphatic carbocycles. The molecule has 8 heteroatoms. The predicted octanol–water partition coefficient (Wildman–Crippen LogP) is 4.52. The number of carbonyl (C=O) groups is 1. The second-order valence-corrected chi connectivity index (χ2v) is 6.80. The summed E-state index contributed by atoms with van der Waals surface area (Å²) in [6, 6.07) is 10.3. The number of benzene rings is 1. The van der Waals surface area contributed by atoms with Crippen molar-refractivity contribution < 1.29 is 18.0 Å². The quantitative estimate of drug-likeness (QED) is 0.672. The van der Waals surface area contributed by atoms with Crippen molar-refractivity contribution in [1.82, 2.24) is 9.97 Å². The largest absolute Gasteiger partial charge is 0.416 e.